The standard InChI is InChI=1S/C10H18N2O2/c1-7(2)10(14)12-5-3-4-8(6-12)9(11)13/h7-8H,3-6H2,1-2H3,(H2,11,13)/t8-/m0/s1. The zero-order valence-corrected chi connectivity index (χ0v) is 8.82. The average molecular weight is 198 g/mol. The normalized spacial score (nSPS) is 22.5. The summed E-state index contributed by atoms with van der Waals surface area (Å²) < 4.78 is 0. The van der Waals surface area contributed by atoms with E-state index >= 15 is 0 Å². The molecule has 1 aliphatic heterocycles. The molecular weight excluding hydrogens is 180 g/mol. The van der Waals surface area contributed by atoms with Crippen LogP contribution >= 0.6 is 0 Å². The van der Waals surface area contributed by atoms with Gasteiger partial charge in [-0.05, 0) is 12.8 Å². The maximum atomic E-state index is 11.6. The van der Waals surface area contributed by atoms with Crippen LogP contribution in [0.2, 0.25) is 0 Å². The molecule has 2 amide bonds. The molecule has 0 aromatic rings. The molecule has 2 N–H and O–H groups in total. The van der Waals surface area contributed by atoms with Gasteiger partial charge < -0.3 is 10.6 Å². The molecule has 0 radical (unpaired) electrons. The molecule has 0 aromatic carbocycles. The van der Waals surface area contributed by atoms with Crippen molar-refractivity contribution >= 4 is 11.8 Å². The number of carbonyl (C=O) groups is 2. The maximum absolute atomic E-state index is 11.6. The Hall–Kier alpha value is -1.06. The number of nitrogens with two attached hydrogens (primary N) is 1. The third kappa shape index (κ3) is 2.47. The number of hydrogen-bond acceptors (Lipinski definition) is 2. The van der Waals surface area contributed by atoms with Gasteiger partial charge in [0.05, 0.1) is 5.92 Å². The fraction of sp³-hybridized carbons (Fsp3) is 0.800. The first kappa shape index (κ1) is 11.0. The highest BCUT2D eigenvalue weighted by Gasteiger charge is 2.27. The van der Waals surface area contributed by atoms with E-state index in [4.69, 9.17) is 5.73 Å². The summed E-state index contributed by atoms with van der Waals surface area (Å²) >= 11 is 0. The number of primary amides is 1. The highest BCUT2D eigenvalue weighted by molar-refractivity contribution is 5.81. The Morgan fingerprint density at radius 2 is 2.07 bits per heavy atom. The van der Waals surface area contributed by atoms with Crippen molar-refractivity contribution in [3.63, 3.8) is 0 Å². The van der Waals surface area contributed by atoms with Gasteiger partial charge in [-0.3, -0.25) is 9.59 Å². The number of piperidine rings is 1. The minimum Gasteiger partial charge on any atom is -0.369 e. The van der Waals surface area contributed by atoms with Crippen molar-refractivity contribution in [1.29, 1.82) is 0 Å². The van der Waals surface area contributed by atoms with Crippen LogP contribution < -0.4 is 5.73 Å². The van der Waals surface area contributed by atoms with Gasteiger partial charge >= 0.3 is 0 Å². The lowest BCUT2D eigenvalue weighted by Crippen LogP contribution is -2.45. The molecule has 4 nitrogen and oxygen atoms in total. The van der Waals surface area contributed by atoms with Gasteiger partial charge in [0.15, 0.2) is 0 Å². The molecule has 0 aromatic heterocycles. The van der Waals surface area contributed by atoms with E-state index in [1.165, 1.54) is 0 Å². The van der Waals surface area contributed by atoms with E-state index in [0.29, 0.717) is 6.54 Å². The average Bonchev–Trinajstić information content (AvgIpc) is 2.16. The van der Waals surface area contributed by atoms with Crippen molar-refractivity contribution in [3.8, 4) is 0 Å². The fourth-order valence-corrected chi connectivity index (χ4v) is 1.77. The zero-order valence-electron chi connectivity index (χ0n) is 8.82. The van der Waals surface area contributed by atoms with Gasteiger partial charge in [-0.1, -0.05) is 13.8 Å². The zero-order chi connectivity index (χ0) is 10.7. The molecule has 1 aliphatic rings. The number of nitrogens with zero attached hydrogens (tertiary/aromatic N) is 1. The molecule has 0 aliphatic carbocycles. The van der Waals surface area contributed by atoms with Gasteiger partial charge in [0, 0.05) is 19.0 Å². The van der Waals surface area contributed by atoms with Crippen LogP contribution in [0.5, 0.6) is 0 Å². The largest absolute Gasteiger partial charge is 0.369 e. The topological polar surface area (TPSA) is 63.4 Å². The van der Waals surface area contributed by atoms with Gasteiger partial charge in [0.25, 0.3) is 0 Å². The Balaban J connectivity index is 2.56. The fourth-order valence-electron chi connectivity index (χ4n) is 1.77. The van der Waals surface area contributed by atoms with Crippen molar-refractivity contribution in [2.45, 2.75) is 26.7 Å². The molecular formula is C10H18N2O2. The van der Waals surface area contributed by atoms with Crippen molar-refractivity contribution < 1.29 is 9.59 Å². The molecule has 0 saturated carbocycles. The molecule has 1 rings (SSSR count). The van der Waals surface area contributed by atoms with Crippen LogP contribution in [0.1, 0.15) is 26.7 Å². The first-order valence-corrected chi connectivity index (χ1v) is 5.10. The van der Waals surface area contributed by atoms with E-state index in [1.54, 1.807) is 4.90 Å². The van der Waals surface area contributed by atoms with E-state index in [9.17, 15) is 9.59 Å². The molecule has 1 saturated heterocycles. The Morgan fingerprint density at radius 3 is 2.57 bits per heavy atom. The van der Waals surface area contributed by atoms with E-state index < -0.39 is 0 Å². The van der Waals surface area contributed by atoms with Gasteiger partial charge in [-0.25, -0.2) is 0 Å². The molecule has 1 heterocycles. The van der Waals surface area contributed by atoms with Crippen molar-refractivity contribution in [3.05, 3.63) is 0 Å². The Kier molecular flexibility index (Phi) is 3.49. The van der Waals surface area contributed by atoms with E-state index in [1.807, 2.05) is 13.8 Å². The number of carbonyl (C=O) groups excluding carboxylic acids is 2. The van der Waals surface area contributed by atoms with Crippen molar-refractivity contribution in [2.24, 2.45) is 17.6 Å². The van der Waals surface area contributed by atoms with Crippen LogP contribution in [-0.2, 0) is 9.59 Å². The number of rotatable bonds is 2. The predicted molar refractivity (Wildman–Crippen MR) is 53.3 cm³/mol. The summed E-state index contributed by atoms with van der Waals surface area (Å²) in [7, 11) is 0. The molecule has 1 fully saturated rings. The van der Waals surface area contributed by atoms with Gasteiger partial charge in [0.2, 0.25) is 11.8 Å². The van der Waals surface area contributed by atoms with Crippen molar-refractivity contribution in [2.75, 3.05) is 13.1 Å². The van der Waals surface area contributed by atoms with Gasteiger partial charge in [0.1, 0.15) is 0 Å². The smallest absolute Gasteiger partial charge is 0.225 e. The van der Waals surface area contributed by atoms with Crippen LogP contribution in [0.4, 0.5) is 0 Å². The third-order valence-electron chi connectivity index (χ3n) is 2.63. The molecule has 1 atom stereocenters. The van der Waals surface area contributed by atoms with Crippen LogP contribution in [0.25, 0.3) is 0 Å². The summed E-state index contributed by atoms with van der Waals surface area (Å²) in [4.78, 5) is 24.4. The highest BCUT2D eigenvalue weighted by Crippen LogP contribution is 2.17. The maximum Gasteiger partial charge on any atom is 0.225 e. The lowest BCUT2D eigenvalue weighted by molar-refractivity contribution is -0.137. The first-order chi connectivity index (χ1) is 6.52. The Bertz CT molecular complexity index is 238. The summed E-state index contributed by atoms with van der Waals surface area (Å²) in [5.74, 6) is -0.310. The molecule has 14 heavy (non-hydrogen) atoms. The second-order valence-electron chi connectivity index (χ2n) is 4.18. The van der Waals surface area contributed by atoms with Crippen molar-refractivity contribution in [1.82, 2.24) is 4.90 Å². The van der Waals surface area contributed by atoms with Crippen LogP contribution in [-0.4, -0.2) is 29.8 Å². The number of amides is 2. The van der Waals surface area contributed by atoms with Crippen LogP contribution in [0.3, 0.4) is 0 Å². The van der Waals surface area contributed by atoms with Gasteiger partial charge in [-0.15, -0.1) is 0 Å². The minimum atomic E-state index is -0.286. The molecule has 0 bridgehead atoms. The number of likely N-dealkylation sites (tertiary alicyclic amines) is 1. The summed E-state index contributed by atoms with van der Waals surface area (Å²) in [6.45, 7) is 5.01. The lowest BCUT2D eigenvalue weighted by atomic mass is 9.96. The Morgan fingerprint density at radius 1 is 1.43 bits per heavy atom. The van der Waals surface area contributed by atoms with Crippen LogP contribution in [0.15, 0.2) is 0 Å². The summed E-state index contributed by atoms with van der Waals surface area (Å²) in [5, 5.41) is 0. The van der Waals surface area contributed by atoms with Gasteiger partial charge in [-0.2, -0.15) is 0 Å². The molecule has 0 spiro atoms. The second kappa shape index (κ2) is 4.44. The summed E-state index contributed by atoms with van der Waals surface area (Å²) in [6.07, 6.45) is 1.70. The SMILES string of the molecule is CC(C)C(=O)N1CCC[C@H](C(N)=O)C1. The minimum absolute atomic E-state index is 0.00151. The van der Waals surface area contributed by atoms with E-state index in [-0.39, 0.29) is 23.7 Å². The predicted octanol–water partition coefficient (Wildman–Crippen LogP) is 0.366. The molecule has 4 heteroatoms. The molecule has 80 valence electrons. The third-order valence-corrected chi connectivity index (χ3v) is 2.63. The van der Waals surface area contributed by atoms with E-state index in [0.717, 1.165) is 19.4 Å². The number of hydrogen-bond donors (Lipinski definition) is 1. The first-order valence-electron chi connectivity index (χ1n) is 5.10. The quantitative estimate of drug-likeness (QED) is 0.696. The monoisotopic (exact) mass is 198 g/mol. The van der Waals surface area contributed by atoms with Crippen LogP contribution in [0, 0.1) is 11.8 Å². The summed E-state index contributed by atoms with van der Waals surface area (Å²) in [6, 6.07) is 0. The Labute approximate surface area is 84.4 Å². The molecule has 0 unspecified atom stereocenters. The lowest BCUT2D eigenvalue weighted by Gasteiger charge is -2.32. The summed E-state index contributed by atoms with van der Waals surface area (Å²) in [5.41, 5.74) is 5.23. The highest BCUT2D eigenvalue weighted by atomic mass is 16.2. The van der Waals surface area contributed by atoms with E-state index in [2.05, 4.69) is 0 Å². The second-order valence-corrected chi connectivity index (χ2v) is 4.18.